The lowest BCUT2D eigenvalue weighted by Gasteiger charge is -2.57. The number of fused-ring (bicyclic) bond motifs is 3. The van der Waals surface area contributed by atoms with Gasteiger partial charge in [-0.25, -0.2) is 0 Å². The summed E-state index contributed by atoms with van der Waals surface area (Å²) in [6.45, 7) is 2.46. The Kier molecular flexibility index (Phi) is 4.54. The second kappa shape index (κ2) is 6.72. The highest BCUT2D eigenvalue weighted by Crippen LogP contribution is 2.44. The van der Waals surface area contributed by atoms with Gasteiger partial charge in [-0.15, -0.1) is 0 Å². The highest BCUT2D eigenvalue weighted by atomic mass is 16.5. The van der Waals surface area contributed by atoms with Crippen LogP contribution in [-0.2, 0) is 9.47 Å². The van der Waals surface area contributed by atoms with E-state index in [-0.39, 0.29) is 29.5 Å². The molecule has 0 bridgehead atoms. The second-order valence-electron chi connectivity index (χ2n) is 7.39. The van der Waals surface area contributed by atoms with Crippen LogP contribution in [-0.4, -0.2) is 72.7 Å². The number of methoxy groups -OCH3 is 1. The molecule has 3 aliphatic rings. The largest absolute Gasteiger partial charge is 0.504 e. The summed E-state index contributed by atoms with van der Waals surface area (Å²) in [6.07, 6.45) is 1.28. The third kappa shape index (κ3) is 2.74. The van der Waals surface area contributed by atoms with Gasteiger partial charge in [0.1, 0.15) is 0 Å². The molecule has 0 aromatic heterocycles. The maximum atomic E-state index is 13.2. The number of ether oxygens (including phenoxy) is 3. The third-order valence-electron chi connectivity index (χ3n) is 6.14. The molecule has 0 spiro atoms. The van der Waals surface area contributed by atoms with E-state index in [1.165, 1.54) is 13.2 Å². The molecule has 3 saturated heterocycles. The highest BCUT2D eigenvalue weighted by molar-refractivity contribution is 5.95. The zero-order valence-corrected chi connectivity index (χ0v) is 14.9. The lowest BCUT2D eigenvalue weighted by molar-refractivity contribution is -0.212. The Labute approximate surface area is 152 Å². The van der Waals surface area contributed by atoms with E-state index in [9.17, 15) is 15.0 Å². The first-order valence-electron chi connectivity index (χ1n) is 9.10. The number of hydrogen-bond donors (Lipinski definition) is 2. The number of likely N-dealkylation sites (tertiary alicyclic amines) is 1. The number of benzene rings is 1. The Bertz CT molecular complexity index is 695. The van der Waals surface area contributed by atoms with Crippen molar-refractivity contribution in [3.8, 4) is 11.5 Å². The molecular formula is C19H25NO6. The highest BCUT2D eigenvalue weighted by Gasteiger charge is 2.56. The van der Waals surface area contributed by atoms with Gasteiger partial charge in [-0.1, -0.05) is 0 Å². The monoisotopic (exact) mass is 363 g/mol. The van der Waals surface area contributed by atoms with Gasteiger partial charge in [-0.05, 0) is 24.6 Å². The molecule has 7 nitrogen and oxygen atoms in total. The van der Waals surface area contributed by atoms with Gasteiger partial charge in [-0.3, -0.25) is 4.79 Å². The molecule has 142 valence electrons. The number of phenols is 1. The Morgan fingerprint density at radius 3 is 2.88 bits per heavy atom. The number of nitrogens with zero attached hydrogens (tertiary/aromatic N) is 1. The van der Waals surface area contributed by atoms with E-state index in [0.29, 0.717) is 57.1 Å². The molecule has 1 aromatic rings. The van der Waals surface area contributed by atoms with Gasteiger partial charge in [0.2, 0.25) is 0 Å². The van der Waals surface area contributed by atoms with Crippen molar-refractivity contribution in [1.82, 2.24) is 4.90 Å². The van der Waals surface area contributed by atoms with Gasteiger partial charge in [0.15, 0.2) is 11.5 Å². The number of rotatable bonds is 2. The van der Waals surface area contributed by atoms with Crippen molar-refractivity contribution in [3.05, 3.63) is 23.8 Å². The number of aliphatic hydroxyl groups is 1. The Morgan fingerprint density at radius 1 is 1.31 bits per heavy atom. The first-order valence-corrected chi connectivity index (χ1v) is 9.10. The van der Waals surface area contributed by atoms with Crippen molar-refractivity contribution in [2.24, 2.45) is 11.8 Å². The molecule has 0 radical (unpaired) electrons. The minimum atomic E-state index is -0.845. The third-order valence-corrected chi connectivity index (χ3v) is 6.14. The standard InChI is InChI=1S/C19H25NO6/c1-24-17-3-2-12(8-16(17)21)18(22)20-9-13-10-26-7-5-19(13,23)14-11-25-6-4-15(14)20/h2-3,8,13-15,21,23H,4-7,9-11H2,1H3/t13-,14+,15-,19-/m1/s1. The molecule has 1 aromatic carbocycles. The van der Waals surface area contributed by atoms with Gasteiger partial charge < -0.3 is 29.3 Å². The maximum Gasteiger partial charge on any atom is 0.254 e. The summed E-state index contributed by atoms with van der Waals surface area (Å²) in [5.74, 6) is -0.118. The smallest absolute Gasteiger partial charge is 0.254 e. The van der Waals surface area contributed by atoms with E-state index in [4.69, 9.17) is 14.2 Å². The van der Waals surface area contributed by atoms with Gasteiger partial charge in [-0.2, -0.15) is 0 Å². The summed E-state index contributed by atoms with van der Waals surface area (Å²) in [4.78, 5) is 15.0. The summed E-state index contributed by atoms with van der Waals surface area (Å²) in [5, 5.41) is 21.3. The zero-order chi connectivity index (χ0) is 18.3. The Hall–Kier alpha value is -1.83. The van der Waals surface area contributed by atoms with Crippen LogP contribution >= 0.6 is 0 Å². The molecule has 0 unspecified atom stereocenters. The average molecular weight is 363 g/mol. The topological polar surface area (TPSA) is 88.5 Å². The van der Waals surface area contributed by atoms with Crippen LogP contribution in [0.1, 0.15) is 23.2 Å². The summed E-state index contributed by atoms with van der Waals surface area (Å²) < 4.78 is 16.3. The minimum absolute atomic E-state index is 0.0589. The number of piperidine rings is 1. The van der Waals surface area contributed by atoms with Crippen molar-refractivity contribution in [2.75, 3.05) is 40.1 Å². The van der Waals surface area contributed by atoms with Gasteiger partial charge in [0.05, 0.1) is 25.9 Å². The van der Waals surface area contributed by atoms with Crippen LogP contribution < -0.4 is 4.74 Å². The lowest BCUT2D eigenvalue weighted by Crippen LogP contribution is -2.68. The van der Waals surface area contributed by atoms with Crippen molar-refractivity contribution >= 4 is 5.91 Å². The molecule has 3 aliphatic heterocycles. The fraction of sp³-hybridized carbons (Fsp3) is 0.632. The van der Waals surface area contributed by atoms with Crippen molar-refractivity contribution in [1.29, 1.82) is 0 Å². The Balaban J connectivity index is 1.64. The number of carbonyl (C=O) groups excluding carboxylic acids is 1. The van der Waals surface area contributed by atoms with Gasteiger partial charge in [0, 0.05) is 49.6 Å². The molecule has 4 rings (SSSR count). The zero-order valence-electron chi connectivity index (χ0n) is 14.9. The molecule has 2 N–H and O–H groups in total. The number of phenolic OH excluding ortho intramolecular Hbond substituents is 1. The molecular weight excluding hydrogens is 338 g/mol. The summed E-state index contributed by atoms with van der Waals surface area (Å²) in [5.41, 5.74) is -0.432. The fourth-order valence-electron chi connectivity index (χ4n) is 4.68. The minimum Gasteiger partial charge on any atom is -0.504 e. The summed E-state index contributed by atoms with van der Waals surface area (Å²) in [6, 6.07) is 4.62. The van der Waals surface area contributed by atoms with E-state index in [0.717, 1.165) is 0 Å². The SMILES string of the molecule is COc1ccc(C(=O)N2C[C@@H]3COCC[C@]3(O)[C@H]3COCC[C@H]32)cc1O. The van der Waals surface area contributed by atoms with Crippen LogP contribution in [0.25, 0.3) is 0 Å². The normalized spacial score (nSPS) is 33.9. The summed E-state index contributed by atoms with van der Waals surface area (Å²) in [7, 11) is 1.47. The van der Waals surface area contributed by atoms with Crippen LogP contribution in [0.3, 0.4) is 0 Å². The van der Waals surface area contributed by atoms with Gasteiger partial charge in [0.25, 0.3) is 5.91 Å². The molecule has 7 heteroatoms. The number of hydrogen-bond acceptors (Lipinski definition) is 6. The van der Waals surface area contributed by atoms with E-state index in [1.807, 2.05) is 4.90 Å². The van der Waals surface area contributed by atoms with Crippen LogP contribution in [0, 0.1) is 11.8 Å². The molecule has 3 heterocycles. The number of aromatic hydroxyl groups is 1. The number of carbonyl (C=O) groups is 1. The van der Waals surface area contributed by atoms with E-state index < -0.39 is 5.60 Å². The van der Waals surface area contributed by atoms with Crippen LogP contribution in [0.5, 0.6) is 11.5 Å². The van der Waals surface area contributed by atoms with Crippen molar-refractivity contribution in [2.45, 2.75) is 24.5 Å². The maximum absolute atomic E-state index is 13.2. The van der Waals surface area contributed by atoms with Crippen LogP contribution in [0.2, 0.25) is 0 Å². The average Bonchev–Trinajstić information content (AvgIpc) is 2.67. The summed E-state index contributed by atoms with van der Waals surface area (Å²) >= 11 is 0. The van der Waals surface area contributed by atoms with E-state index in [2.05, 4.69) is 0 Å². The first-order chi connectivity index (χ1) is 12.5. The lowest BCUT2D eigenvalue weighted by atomic mass is 9.66. The van der Waals surface area contributed by atoms with E-state index in [1.54, 1.807) is 12.1 Å². The molecule has 26 heavy (non-hydrogen) atoms. The second-order valence-corrected chi connectivity index (χ2v) is 7.39. The van der Waals surface area contributed by atoms with Crippen LogP contribution in [0.15, 0.2) is 18.2 Å². The molecule has 1 amide bonds. The quantitative estimate of drug-likeness (QED) is 0.816. The molecule has 4 atom stereocenters. The molecule has 0 saturated carbocycles. The van der Waals surface area contributed by atoms with Gasteiger partial charge >= 0.3 is 0 Å². The van der Waals surface area contributed by atoms with Crippen molar-refractivity contribution < 1.29 is 29.2 Å². The predicted octanol–water partition coefficient (Wildman–Crippen LogP) is 1.03. The molecule has 0 aliphatic carbocycles. The number of amides is 1. The predicted molar refractivity (Wildman–Crippen MR) is 92.3 cm³/mol. The Morgan fingerprint density at radius 2 is 2.12 bits per heavy atom. The fourth-order valence-corrected chi connectivity index (χ4v) is 4.68. The first kappa shape index (κ1) is 17.6. The van der Waals surface area contributed by atoms with Crippen molar-refractivity contribution in [3.63, 3.8) is 0 Å². The van der Waals surface area contributed by atoms with Crippen LogP contribution in [0.4, 0.5) is 0 Å². The van der Waals surface area contributed by atoms with E-state index >= 15 is 0 Å². The molecule has 3 fully saturated rings.